The number of rotatable bonds is 4. The first-order valence-corrected chi connectivity index (χ1v) is 6.49. The first-order valence-electron chi connectivity index (χ1n) is 6.49. The lowest BCUT2D eigenvalue weighted by Gasteiger charge is -2.23. The van der Waals surface area contributed by atoms with Crippen molar-refractivity contribution in [1.29, 1.82) is 0 Å². The molecule has 0 amide bonds. The molecule has 0 nitrogen and oxygen atoms in total. The Kier molecular flexibility index (Phi) is 6.25. The Labute approximate surface area is 95.2 Å². The van der Waals surface area contributed by atoms with E-state index in [0.29, 0.717) is 0 Å². The summed E-state index contributed by atoms with van der Waals surface area (Å²) in [7, 11) is 0. The van der Waals surface area contributed by atoms with Gasteiger partial charge in [-0.05, 0) is 24.7 Å². The second-order valence-corrected chi connectivity index (χ2v) is 4.52. The minimum atomic E-state index is 0.803. The summed E-state index contributed by atoms with van der Waals surface area (Å²) in [5.74, 6) is 8.32. The van der Waals surface area contributed by atoms with Crippen LogP contribution in [-0.2, 0) is 0 Å². The normalized spacial score (nSPS) is 23.2. The first-order chi connectivity index (χ1) is 7.38. The molecule has 0 aromatic carbocycles. The highest BCUT2D eigenvalue weighted by atomic mass is 14.2. The fraction of sp³-hybridized carbons (Fsp3) is 0.733. The van der Waals surface area contributed by atoms with Gasteiger partial charge in [-0.1, -0.05) is 45.3 Å². The molecule has 0 aromatic rings. The summed E-state index contributed by atoms with van der Waals surface area (Å²) < 4.78 is 0. The molecule has 15 heavy (non-hydrogen) atoms. The molecule has 2 atom stereocenters. The van der Waals surface area contributed by atoms with Gasteiger partial charge in [0.25, 0.3) is 0 Å². The standard InChI is InChI=1S/C15H24/c1-3-11-14(4-2)15-12-9-7-5-6-8-10-13-15/h7,9,14-15H,3-6,11-13H2,1-2H3. The number of hydrogen-bond acceptors (Lipinski definition) is 0. The van der Waals surface area contributed by atoms with Crippen LogP contribution in [0.5, 0.6) is 0 Å². The van der Waals surface area contributed by atoms with Crippen molar-refractivity contribution in [2.24, 2.45) is 11.8 Å². The van der Waals surface area contributed by atoms with Crippen LogP contribution in [-0.4, -0.2) is 0 Å². The van der Waals surface area contributed by atoms with Crippen LogP contribution >= 0.6 is 0 Å². The Balaban J connectivity index is 2.56. The van der Waals surface area contributed by atoms with Gasteiger partial charge in [-0.2, -0.15) is 0 Å². The fourth-order valence-electron chi connectivity index (χ4n) is 2.42. The van der Waals surface area contributed by atoms with E-state index in [-0.39, 0.29) is 0 Å². The zero-order valence-electron chi connectivity index (χ0n) is 10.3. The molecule has 0 aromatic heterocycles. The highest BCUT2D eigenvalue weighted by molar-refractivity contribution is 5.04. The monoisotopic (exact) mass is 204 g/mol. The van der Waals surface area contributed by atoms with Crippen LogP contribution in [0, 0.1) is 23.7 Å². The molecule has 0 bridgehead atoms. The van der Waals surface area contributed by atoms with Crippen LogP contribution in [0.3, 0.4) is 0 Å². The van der Waals surface area contributed by atoms with Gasteiger partial charge in [0.05, 0.1) is 0 Å². The van der Waals surface area contributed by atoms with Gasteiger partial charge >= 0.3 is 0 Å². The maximum atomic E-state index is 3.36. The second-order valence-electron chi connectivity index (χ2n) is 4.52. The molecule has 0 heteroatoms. The van der Waals surface area contributed by atoms with Gasteiger partial charge in [-0.3, -0.25) is 0 Å². The van der Waals surface area contributed by atoms with E-state index in [2.05, 4.69) is 37.8 Å². The van der Waals surface area contributed by atoms with Crippen LogP contribution in [0.2, 0.25) is 0 Å². The molecule has 84 valence electrons. The Morgan fingerprint density at radius 3 is 2.87 bits per heavy atom. The second kappa shape index (κ2) is 7.57. The Morgan fingerprint density at radius 2 is 2.13 bits per heavy atom. The topological polar surface area (TPSA) is 0 Å². The van der Waals surface area contributed by atoms with Gasteiger partial charge in [-0.15, -0.1) is 11.8 Å². The molecule has 0 saturated heterocycles. The third-order valence-electron chi connectivity index (χ3n) is 3.38. The SMILES string of the molecule is CCCC(CC)C1CC#CCCC=CC1. The molecule has 0 heterocycles. The van der Waals surface area contributed by atoms with Crippen LogP contribution in [0.25, 0.3) is 0 Å². The molecular weight excluding hydrogens is 180 g/mol. The molecule has 0 fully saturated rings. The largest absolute Gasteiger partial charge is 0.103 e. The summed E-state index contributed by atoms with van der Waals surface area (Å²) in [6.45, 7) is 4.61. The number of allylic oxidation sites excluding steroid dienone is 2. The first kappa shape index (κ1) is 12.4. The van der Waals surface area contributed by atoms with Crippen molar-refractivity contribution < 1.29 is 0 Å². The molecule has 0 radical (unpaired) electrons. The summed E-state index contributed by atoms with van der Waals surface area (Å²) in [5, 5.41) is 0. The molecule has 1 rings (SSSR count). The maximum Gasteiger partial charge on any atom is 0.0123 e. The third-order valence-corrected chi connectivity index (χ3v) is 3.38. The summed E-state index contributed by atoms with van der Waals surface area (Å²) >= 11 is 0. The Morgan fingerprint density at radius 1 is 1.27 bits per heavy atom. The molecule has 1 aliphatic rings. The molecular formula is C15H24. The van der Waals surface area contributed by atoms with E-state index in [4.69, 9.17) is 0 Å². The zero-order valence-corrected chi connectivity index (χ0v) is 10.3. The van der Waals surface area contributed by atoms with Gasteiger partial charge in [0.15, 0.2) is 0 Å². The van der Waals surface area contributed by atoms with Crippen molar-refractivity contribution in [2.45, 2.75) is 58.8 Å². The quantitative estimate of drug-likeness (QED) is 0.465. The lowest BCUT2D eigenvalue weighted by atomic mass is 9.82. The van der Waals surface area contributed by atoms with Crippen LogP contribution in [0.1, 0.15) is 58.8 Å². The van der Waals surface area contributed by atoms with Crippen molar-refractivity contribution in [3.05, 3.63) is 12.2 Å². The van der Waals surface area contributed by atoms with Gasteiger partial charge in [-0.25, -0.2) is 0 Å². The van der Waals surface area contributed by atoms with E-state index < -0.39 is 0 Å². The summed E-state index contributed by atoms with van der Waals surface area (Å²) in [6, 6.07) is 0. The average molecular weight is 204 g/mol. The molecule has 0 aliphatic heterocycles. The molecule has 0 saturated carbocycles. The fourth-order valence-corrected chi connectivity index (χ4v) is 2.42. The predicted octanol–water partition coefficient (Wildman–Crippen LogP) is 4.56. The van der Waals surface area contributed by atoms with E-state index in [1.807, 2.05) is 0 Å². The van der Waals surface area contributed by atoms with Crippen LogP contribution in [0.4, 0.5) is 0 Å². The van der Waals surface area contributed by atoms with Gasteiger partial charge < -0.3 is 0 Å². The van der Waals surface area contributed by atoms with Gasteiger partial charge in [0.1, 0.15) is 0 Å². The third kappa shape index (κ3) is 4.56. The van der Waals surface area contributed by atoms with E-state index in [1.54, 1.807) is 0 Å². The molecule has 0 spiro atoms. The minimum absolute atomic E-state index is 0.803. The maximum absolute atomic E-state index is 3.36. The lowest BCUT2D eigenvalue weighted by Crippen LogP contribution is -2.13. The summed E-state index contributed by atoms with van der Waals surface area (Å²) in [4.78, 5) is 0. The van der Waals surface area contributed by atoms with E-state index >= 15 is 0 Å². The van der Waals surface area contributed by atoms with Crippen molar-refractivity contribution in [2.75, 3.05) is 0 Å². The molecule has 2 unspecified atom stereocenters. The highest BCUT2D eigenvalue weighted by Gasteiger charge is 2.17. The van der Waals surface area contributed by atoms with Crippen LogP contribution in [0.15, 0.2) is 12.2 Å². The molecule has 0 N–H and O–H groups in total. The smallest absolute Gasteiger partial charge is 0.0123 e. The number of hydrogen-bond donors (Lipinski definition) is 0. The van der Waals surface area contributed by atoms with E-state index in [9.17, 15) is 0 Å². The van der Waals surface area contributed by atoms with Crippen molar-refractivity contribution in [3.8, 4) is 11.8 Å². The zero-order chi connectivity index (χ0) is 10.9. The van der Waals surface area contributed by atoms with Gasteiger partial charge in [0.2, 0.25) is 0 Å². The molecule has 1 aliphatic carbocycles. The summed E-state index contributed by atoms with van der Waals surface area (Å²) in [6.07, 6.45) is 13.2. The van der Waals surface area contributed by atoms with Crippen molar-refractivity contribution >= 4 is 0 Å². The summed E-state index contributed by atoms with van der Waals surface area (Å²) in [5.41, 5.74) is 0. The Hall–Kier alpha value is -0.700. The van der Waals surface area contributed by atoms with Crippen LogP contribution < -0.4 is 0 Å². The van der Waals surface area contributed by atoms with E-state index in [1.165, 1.54) is 25.7 Å². The lowest BCUT2D eigenvalue weighted by molar-refractivity contribution is 0.307. The predicted molar refractivity (Wildman–Crippen MR) is 67.6 cm³/mol. The van der Waals surface area contributed by atoms with Crippen molar-refractivity contribution in [3.63, 3.8) is 0 Å². The minimum Gasteiger partial charge on any atom is -0.103 e. The highest BCUT2D eigenvalue weighted by Crippen LogP contribution is 2.27. The van der Waals surface area contributed by atoms with Gasteiger partial charge in [0, 0.05) is 12.8 Å². The van der Waals surface area contributed by atoms with E-state index in [0.717, 1.165) is 31.1 Å². The average Bonchev–Trinajstić information content (AvgIpc) is 2.39. The Bertz CT molecular complexity index is 238. The van der Waals surface area contributed by atoms with Crippen molar-refractivity contribution in [1.82, 2.24) is 0 Å².